The molecule has 2 rings (SSSR count). The monoisotopic (exact) mass is 280 g/mol. The van der Waals surface area contributed by atoms with Crippen molar-refractivity contribution >= 4 is 0 Å². The standard InChI is InChI=1S/C15H18F2N2O/c1-10-6-7-11(20-10)9-19(2)14(8-18)12-4-3-5-13(16)15(12)17/h3-7,14H,8-9,18H2,1-2H3. The Kier molecular flexibility index (Phi) is 4.52. The van der Waals surface area contributed by atoms with E-state index in [1.54, 1.807) is 13.1 Å². The largest absolute Gasteiger partial charge is 0.465 e. The van der Waals surface area contributed by atoms with Crippen LogP contribution in [0.2, 0.25) is 0 Å². The average Bonchev–Trinajstić information content (AvgIpc) is 2.81. The van der Waals surface area contributed by atoms with Crippen molar-refractivity contribution in [3.05, 3.63) is 59.1 Å². The number of benzene rings is 1. The predicted molar refractivity (Wildman–Crippen MR) is 73.1 cm³/mol. The highest BCUT2D eigenvalue weighted by Crippen LogP contribution is 2.24. The van der Waals surface area contributed by atoms with Gasteiger partial charge in [0.05, 0.1) is 12.6 Å². The summed E-state index contributed by atoms with van der Waals surface area (Å²) in [7, 11) is 1.81. The van der Waals surface area contributed by atoms with E-state index < -0.39 is 17.7 Å². The van der Waals surface area contributed by atoms with Crippen LogP contribution < -0.4 is 5.73 Å². The molecule has 0 spiro atoms. The minimum atomic E-state index is -0.858. The molecule has 1 atom stereocenters. The summed E-state index contributed by atoms with van der Waals surface area (Å²) in [6.07, 6.45) is 0. The van der Waals surface area contributed by atoms with Gasteiger partial charge in [0, 0.05) is 12.1 Å². The minimum Gasteiger partial charge on any atom is -0.465 e. The first-order valence-corrected chi connectivity index (χ1v) is 6.42. The molecular weight excluding hydrogens is 262 g/mol. The Bertz CT molecular complexity index is 583. The summed E-state index contributed by atoms with van der Waals surface area (Å²) in [5.74, 6) is -0.122. The first kappa shape index (κ1) is 14.7. The van der Waals surface area contributed by atoms with Gasteiger partial charge in [-0.1, -0.05) is 12.1 Å². The number of furan rings is 1. The van der Waals surface area contributed by atoms with Gasteiger partial charge in [0.2, 0.25) is 0 Å². The first-order valence-electron chi connectivity index (χ1n) is 6.42. The van der Waals surface area contributed by atoms with Gasteiger partial charge in [-0.15, -0.1) is 0 Å². The smallest absolute Gasteiger partial charge is 0.163 e. The van der Waals surface area contributed by atoms with Crippen molar-refractivity contribution in [1.29, 1.82) is 0 Å². The molecule has 0 radical (unpaired) electrons. The van der Waals surface area contributed by atoms with E-state index in [1.165, 1.54) is 6.07 Å². The maximum Gasteiger partial charge on any atom is 0.163 e. The third-order valence-corrected chi connectivity index (χ3v) is 3.30. The lowest BCUT2D eigenvalue weighted by Crippen LogP contribution is -2.31. The summed E-state index contributed by atoms with van der Waals surface area (Å²) in [4.78, 5) is 1.84. The van der Waals surface area contributed by atoms with Crippen LogP contribution in [0.4, 0.5) is 8.78 Å². The molecule has 20 heavy (non-hydrogen) atoms. The van der Waals surface area contributed by atoms with Gasteiger partial charge in [-0.05, 0) is 32.2 Å². The zero-order valence-electron chi connectivity index (χ0n) is 11.6. The molecule has 5 heteroatoms. The van der Waals surface area contributed by atoms with Crippen LogP contribution in [0, 0.1) is 18.6 Å². The van der Waals surface area contributed by atoms with E-state index in [0.29, 0.717) is 6.54 Å². The van der Waals surface area contributed by atoms with Crippen molar-refractivity contribution < 1.29 is 13.2 Å². The molecule has 0 amide bonds. The predicted octanol–water partition coefficient (Wildman–Crippen LogP) is 3.00. The second-order valence-corrected chi connectivity index (χ2v) is 4.82. The Morgan fingerprint density at radius 3 is 2.60 bits per heavy atom. The fraction of sp³-hybridized carbons (Fsp3) is 0.333. The maximum atomic E-state index is 13.9. The fourth-order valence-corrected chi connectivity index (χ4v) is 2.25. The van der Waals surface area contributed by atoms with Crippen LogP contribution in [0.3, 0.4) is 0 Å². The summed E-state index contributed by atoms with van der Waals surface area (Å²) in [5.41, 5.74) is 5.98. The van der Waals surface area contributed by atoms with Crippen LogP contribution >= 0.6 is 0 Å². The number of rotatable bonds is 5. The lowest BCUT2D eigenvalue weighted by Gasteiger charge is -2.26. The molecule has 2 aromatic rings. The highest BCUT2D eigenvalue weighted by molar-refractivity contribution is 5.23. The molecule has 1 aromatic carbocycles. The highest BCUT2D eigenvalue weighted by atomic mass is 19.2. The number of nitrogens with zero attached hydrogens (tertiary/aromatic N) is 1. The SMILES string of the molecule is Cc1ccc(CN(C)C(CN)c2cccc(F)c2F)o1. The van der Waals surface area contributed by atoms with E-state index in [0.717, 1.165) is 17.6 Å². The molecule has 3 nitrogen and oxygen atoms in total. The second-order valence-electron chi connectivity index (χ2n) is 4.82. The summed E-state index contributed by atoms with van der Waals surface area (Å²) in [5, 5.41) is 0. The topological polar surface area (TPSA) is 42.4 Å². The molecule has 2 N–H and O–H groups in total. The van der Waals surface area contributed by atoms with Gasteiger partial charge in [-0.3, -0.25) is 4.90 Å². The molecule has 0 aliphatic heterocycles. The van der Waals surface area contributed by atoms with Crippen molar-refractivity contribution in [3.63, 3.8) is 0 Å². The zero-order chi connectivity index (χ0) is 14.7. The molecule has 1 heterocycles. The van der Waals surface area contributed by atoms with Gasteiger partial charge in [0.25, 0.3) is 0 Å². The van der Waals surface area contributed by atoms with Gasteiger partial charge in [-0.2, -0.15) is 0 Å². The summed E-state index contributed by atoms with van der Waals surface area (Å²) < 4.78 is 32.7. The van der Waals surface area contributed by atoms with E-state index >= 15 is 0 Å². The van der Waals surface area contributed by atoms with E-state index in [1.807, 2.05) is 24.0 Å². The van der Waals surface area contributed by atoms with Crippen LogP contribution in [0.25, 0.3) is 0 Å². The molecule has 1 aromatic heterocycles. The van der Waals surface area contributed by atoms with Gasteiger partial charge < -0.3 is 10.2 Å². The number of nitrogens with two attached hydrogens (primary N) is 1. The molecule has 108 valence electrons. The van der Waals surface area contributed by atoms with E-state index in [4.69, 9.17) is 10.2 Å². The van der Waals surface area contributed by atoms with Gasteiger partial charge >= 0.3 is 0 Å². The van der Waals surface area contributed by atoms with Gasteiger partial charge in [0.15, 0.2) is 11.6 Å². The number of likely N-dealkylation sites (N-methyl/N-ethyl adjacent to an activating group) is 1. The Hall–Kier alpha value is -1.72. The van der Waals surface area contributed by atoms with E-state index in [2.05, 4.69) is 0 Å². The average molecular weight is 280 g/mol. The second kappa shape index (κ2) is 6.15. The van der Waals surface area contributed by atoms with Gasteiger partial charge in [0.1, 0.15) is 11.5 Å². The van der Waals surface area contributed by atoms with Crippen LogP contribution in [0.5, 0.6) is 0 Å². The van der Waals surface area contributed by atoms with Crippen LogP contribution in [-0.4, -0.2) is 18.5 Å². The Balaban J connectivity index is 2.20. The molecule has 0 saturated heterocycles. The lowest BCUT2D eigenvalue weighted by molar-refractivity contribution is 0.216. The quantitative estimate of drug-likeness (QED) is 0.915. The highest BCUT2D eigenvalue weighted by Gasteiger charge is 2.21. The molecular formula is C15H18F2N2O. The third-order valence-electron chi connectivity index (χ3n) is 3.30. The normalized spacial score (nSPS) is 12.9. The van der Waals surface area contributed by atoms with Crippen LogP contribution in [0.1, 0.15) is 23.1 Å². The van der Waals surface area contributed by atoms with Crippen molar-refractivity contribution in [2.45, 2.75) is 19.5 Å². The fourth-order valence-electron chi connectivity index (χ4n) is 2.25. The van der Waals surface area contributed by atoms with E-state index in [9.17, 15) is 8.78 Å². The summed E-state index contributed by atoms with van der Waals surface area (Å²) in [6, 6.07) is 7.46. The summed E-state index contributed by atoms with van der Waals surface area (Å²) >= 11 is 0. The van der Waals surface area contributed by atoms with Crippen LogP contribution in [-0.2, 0) is 6.54 Å². The third kappa shape index (κ3) is 3.05. The van der Waals surface area contributed by atoms with Crippen molar-refractivity contribution in [2.75, 3.05) is 13.6 Å². The number of aryl methyl sites for hydroxylation is 1. The number of halogens is 2. The Labute approximate surface area is 117 Å². The first-order chi connectivity index (χ1) is 9.52. The molecule has 0 bridgehead atoms. The van der Waals surface area contributed by atoms with Crippen molar-refractivity contribution in [1.82, 2.24) is 4.90 Å². The van der Waals surface area contributed by atoms with Crippen molar-refractivity contribution in [3.8, 4) is 0 Å². The van der Waals surface area contributed by atoms with E-state index in [-0.39, 0.29) is 12.1 Å². The van der Waals surface area contributed by atoms with Crippen LogP contribution in [0.15, 0.2) is 34.7 Å². The lowest BCUT2D eigenvalue weighted by atomic mass is 10.0. The molecule has 0 saturated carbocycles. The Morgan fingerprint density at radius 1 is 1.25 bits per heavy atom. The molecule has 0 aliphatic carbocycles. The maximum absolute atomic E-state index is 13.9. The van der Waals surface area contributed by atoms with Crippen molar-refractivity contribution in [2.24, 2.45) is 5.73 Å². The summed E-state index contributed by atoms with van der Waals surface area (Å²) in [6.45, 7) is 2.53. The number of hydrogen-bond acceptors (Lipinski definition) is 3. The number of hydrogen-bond donors (Lipinski definition) is 1. The minimum absolute atomic E-state index is 0.191. The Morgan fingerprint density at radius 2 is 2.00 bits per heavy atom. The van der Waals surface area contributed by atoms with Gasteiger partial charge in [-0.25, -0.2) is 8.78 Å². The molecule has 0 aliphatic rings. The zero-order valence-corrected chi connectivity index (χ0v) is 11.6. The molecule has 1 unspecified atom stereocenters. The molecule has 0 fully saturated rings.